The van der Waals surface area contributed by atoms with Gasteiger partial charge in [0.25, 0.3) is 0 Å². The summed E-state index contributed by atoms with van der Waals surface area (Å²) in [4.78, 5) is 17.6. The van der Waals surface area contributed by atoms with E-state index >= 15 is 0 Å². The lowest BCUT2D eigenvalue weighted by molar-refractivity contribution is -0.149. The van der Waals surface area contributed by atoms with Crippen molar-refractivity contribution in [3.05, 3.63) is 29.8 Å². The lowest BCUT2D eigenvalue weighted by Gasteiger charge is -2.26. The zero-order valence-electron chi connectivity index (χ0n) is 18.7. The van der Waals surface area contributed by atoms with E-state index in [0.29, 0.717) is 5.92 Å². The van der Waals surface area contributed by atoms with Crippen molar-refractivity contribution < 1.29 is 9.53 Å². The Balaban J connectivity index is 1.29. The molecule has 29 heavy (non-hydrogen) atoms. The fraction of sp³-hybridized carbons (Fsp3) is 0.720. The van der Waals surface area contributed by atoms with Crippen LogP contribution in [0, 0.1) is 17.3 Å². The van der Waals surface area contributed by atoms with Gasteiger partial charge in [0.2, 0.25) is 0 Å². The number of hydrogen-bond donors (Lipinski definition) is 0. The Labute approximate surface area is 176 Å². The number of likely N-dealkylation sites (tertiary alicyclic amines) is 1. The van der Waals surface area contributed by atoms with E-state index in [2.05, 4.69) is 61.8 Å². The molecule has 3 heterocycles. The Morgan fingerprint density at radius 3 is 2.31 bits per heavy atom. The fourth-order valence-electron chi connectivity index (χ4n) is 5.89. The number of fused-ring (bicyclic) bond motifs is 1. The second-order valence-electron chi connectivity index (χ2n) is 9.91. The van der Waals surface area contributed by atoms with Gasteiger partial charge in [-0.25, -0.2) is 0 Å². The van der Waals surface area contributed by atoms with Crippen molar-refractivity contribution in [2.24, 2.45) is 17.3 Å². The lowest BCUT2D eigenvalue weighted by atomic mass is 9.79. The summed E-state index contributed by atoms with van der Waals surface area (Å²) in [7, 11) is 0. The minimum absolute atomic E-state index is 0.0465. The quantitative estimate of drug-likeness (QED) is 0.624. The van der Waals surface area contributed by atoms with Gasteiger partial charge in [-0.05, 0) is 48.6 Å². The topological polar surface area (TPSA) is 32.8 Å². The van der Waals surface area contributed by atoms with Crippen LogP contribution in [0.3, 0.4) is 0 Å². The zero-order valence-corrected chi connectivity index (χ0v) is 18.7. The highest BCUT2D eigenvalue weighted by Crippen LogP contribution is 2.42. The fourth-order valence-corrected chi connectivity index (χ4v) is 5.89. The van der Waals surface area contributed by atoms with Gasteiger partial charge in [0.1, 0.15) is 6.10 Å². The van der Waals surface area contributed by atoms with E-state index in [0.717, 1.165) is 44.1 Å². The number of benzene rings is 1. The van der Waals surface area contributed by atoms with Crippen LogP contribution < -0.4 is 4.90 Å². The van der Waals surface area contributed by atoms with Gasteiger partial charge in [-0.15, -0.1) is 0 Å². The standard InChI is InChI=1S/C25H38N2O2/c1-5-25(6-2)13-21(29-24(25)28)11-12-26-14-19-16-27(17-20(19)15-26)23-10-8-7-9-22(23)18(3)4/h7-10,18-21H,5-6,11-17H2,1-4H3. The number of rotatable bonds is 7. The van der Waals surface area contributed by atoms with E-state index in [9.17, 15) is 4.79 Å². The van der Waals surface area contributed by atoms with Crippen LogP contribution in [0.25, 0.3) is 0 Å². The van der Waals surface area contributed by atoms with Crippen molar-refractivity contribution in [1.29, 1.82) is 0 Å². The molecule has 4 heteroatoms. The SMILES string of the molecule is CCC1(CC)CC(CCN2CC3CN(c4ccccc4C(C)C)CC3C2)OC1=O. The highest BCUT2D eigenvalue weighted by atomic mass is 16.6. The average molecular weight is 399 g/mol. The average Bonchev–Trinajstić information content (AvgIpc) is 3.37. The molecule has 4 rings (SSSR count). The number of cyclic esters (lactones) is 1. The van der Waals surface area contributed by atoms with E-state index in [1.165, 1.54) is 37.4 Å². The van der Waals surface area contributed by atoms with Gasteiger partial charge in [-0.2, -0.15) is 0 Å². The second-order valence-corrected chi connectivity index (χ2v) is 9.91. The molecule has 0 N–H and O–H groups in total. The van der Waals surface area contributed by atoms with Crippen LogP contribution in [0.2, 0.25) is 0 Å². The summed E-state index contributed by atoms with van der Waals surface area (Å²) in [5.74, 6) is 2.15. The number of ether oxygens (including phenoxy) is 1. The van der Waals surface area contributed by atoms with Crippen LogP contribution in [0.15, 0.2) is 24.3 Å². The molecule has 3 aliphatic rings. The normalized spacial score (nSPS) is 28.9. The first-order valence-corrected chi connectivity index (χ1v) is 11.7. The largest absolute Gasteiger partial charge is 0.462 e. The van der Waals surface area contributed by atoms with Crippen LogP contribution >= 0.6 is 0 Å². The summed E-state index contributed by atoms with van der Waals surface area (Å²) in [6.45, 7) is 14.6. The van der Waals surface area contributed by atoms with Gasteiger partial charge in [0.05, 0.1) is 5.41 Å². The third kappa shape index (κ3) is 3.93. The van der Waals surface area contributed by atoms with Crippen molar-refractivity contribution in [2.45, 2.75) is 65.4 Å². The molecule has 1 aromatic rings. The van der Waals surface area contributed by atoms with Crippen LogP contribution in [-0.2, 0) is 9.53 Å². The highest BCUT2D eigenvalue weighted by Gasteiger charge is 2.46. The van der Waals surface area contributed by atoms with Gasteiger partial charge < -0.3 is 14.5 Å². The molecule has 3 atom stereocenters. The molecular formula is C25H38N2O2. The maximum Gasteiger partial charge on any atom is 0.312 e. The molecule has 4 nitrogen and oxygen atoms in total. The summed E-state index contributed by atoms with van der Waals surface area (Å²) in [6, 6.07) is 8.93. The smallest absolute Gasteiger partial charge is 0.312 e. The number of carbonyl (C=O) groups excluding carboxylic acids is 1. The molecule has 3 saturated heterocycles. The van der Waals surface area contributed by atoms with Crippen LogP contribution in [0.5, 0.6) is 0 Å². The summed E-state index contributed by atoms with van der Waals surface area (Å²) in [6.07, 6.45) is 3.84. The number of nitrogens with zero attached hydrogens (tertiary/aromatic N) is 2. The maximum absolute atomic E-state index is 12.3. The molecule has 3 fully saturated rings. The Hall–Kier alpha value is -1.55. The summed E-state index contributed by atoms with van der Waals surface area (Å²) in [5, 5.41) is 0. The van der Waals surface area contributed by atoms with Gasteiger partial charge >= 0.3 is 5.97 Å². The molecule has 160 valence electrons. The molecule has 0 spiro atoms. The van der Waals surface area contributed by atoms with Crippen molar-refractivity contribution in [1.82, 2.24) is 4.90 Å². The number of hydrogen-bond acceptors (Lipinski definition) is 4. The molecule has 0 aromatic heterocycles. The molecular weight excluding hydrogens is 360 g/mol. The number of para-hydroxylation sites is 1. The van der Waals surface area contributed by atoms with Gasteiger partial charge in [-0.1, -0.05) is 45.9 Å². The van der Waals surface area contributed by atoms with Crippen LogP contribution in [-0.4, -0.2) is 49.7 Å². The van der Waals surface area contributed by atoms with E-state index < -0.39 is 0 Å². The van der Waals surface area contributed by atoms with Crippen molar-refractivity contribution in [3.63, 3.8) is 0 Å². The van der Waals surface area contributed by atoms with Crippen LogP contribution in [0.1, 0.15) is 64.9 Å². The van der Waals surface area contributed by atoms with E-state index in [-0.39, 0.29) is 17.5 Å². The molecule has 3 aliphatic heterocycles. The first-order chi connectivity index (χ1) is 14.0. The molecule has 0 saturated carbocycles. The van der Waals surface area contributed by atoms with E-state index in [1.807, 2.05) is 0 Å². The molecule has 3 unspecified atom stereocenters. The monoisotopic (exact) mass is 398 g/mol. The summed E-state index contributed by atoms with van der Waals surface area (Å²) >= 11 is 0. The molecule has 1 aromatic carbocycles. The summed E-state index contributed by atoms with van der Waals surface area (Å²) in [5.41, 5.74) is 2.70. The first kappa shape index (κ1) is 20.7. The Morgan fingerprint density at radius 1 is 1.07 bits per heavy atom. The molecule has 0 amide bonds. The predicted molar refractivity (Wildman–Crippen MR) is 118 cm³/mol. The predicted octanol–water partition coefficient (Wildman–Crippen LogP) is 4.69. The zero-order chi connectivity index (χ0) is 20.6. The number of esters is 1. The highest BCUT2D eigenvalue weighted by molar-refractivity contribution is 5.78. The van der Waals surface area contributed by atoms with Crippen molar-refractivity contribution in [3.8, 4) is 0 Å². The van der Waals surface area contributed by atoms with E-state index in [1.54, 1.807) is 0 Å². The Kier molecular flexibility index (Phi) is 5.92. The number of anilines is 1. The van der Waals surface area contributed by atoms with Crippen LogP contribution in [0.4, 0.5) is 5.69 Å². The Morgan fingerprint density at radius 2 is 1.72 bits per heavy atom. The van der Waals surface area contributed by atoms with Gasteiger partial charge in [0, 0.05) is 44.8 Å². The second kappa shape index (κ2) is 8.29. The first-order valence-electron chi connectivity index (χ1n) is 11.7. The lowest BCUT2D eigenvalue weighted by Crippen LogP contribution is -2.31. The van der Waals surface area contributed by atoms with Crippen molar-refractivity contribution >= 4 is 11.7 Å². The van der Waals surface area contributed by atoms with E-state index in [4.69, 9.17) is 4.74 Å². The Bertz CT molecular complexity index is 713. The maximum atomic E-state index is 12.3. The third-order valence-electron chi connectivity index (χ3n) is 7.91. The number of carbonyl (C=O) groups is 1. The third-order valence-corrected chi connectivity index (χ3v) is 7.91. The molecule has 0 radical (unpaired) electrons. The van der Waals surface area contributed by atoms with Crippen molar-refractivity contribution in [2.75, 3.05) is 37.6 Å². The van der Waals surface area contributed by atoms with Gasteiger partial charge in [0.15, 0.2) is 0 Å². The molecule has 0 aliphatic carbocycles. The summed E-state index contributed by atoms with van der Waals surface area (Å²) < 4.78 is 5.75. The molecule has 0 bridgehead atoms. The minimum atomic E-state index is -0.212. The minimum Gasteiger partial charge on any atom is -0.462 e. The van der Waals surface area contributed by atoms with Gasteiger partial charge in [-0.3, -0.25) is 4.79 Å².